The number of anilines is 1. The molecule has 3 N–H and O–H groups in total. The molecule has 134 valence electrons. The molecule has 0 radical (unpaired) electrons. The van der Waals surface area contributed by atoms with Crippen LogP contribution in [0.4, 0.5) is 15.8 Å². The minimum absolute atomic E-state index is 0.0887. The van der Waals surface area contributed by atoms with Crippen LogP contribution in [0.5, 0.6) is 11.5 Å². The van der Waals surface area contributed by atoms with Crippen LogP contribution in [0.25, 0.3) is 0 Å². The molecule has 3 aromatic rings. The van der Waals surface area contributed by atoms with Gasteiger partial charge in [0.1, 0.15) is 23.9 Å². The third kappa shape index (κ3) is 6.12. The van der Waals surface area contributed by atoms with E-state index in [9.17, 15) is 14.5 Å². The van der Waals surface area contributed by atoms with Gasteiger partial charge in [-0.2, -0.15) is 0 Å². The molecule has 0 saturated heterocycles. The number of non-ortho nitro benzene ring substituents is 1. The Hall–Kier alpha value is -3.61. The maximum Gasteiger partial charge on any atom is 0.273 e. The lowest BCUT2D eigenvalue weighted by molar-refractivity contribution is -0.384. The van der Waals surface area contributed by atoms with Crippen molar-refractivity contribution in [3.8, 4) is 11.5 Å². The third-order valence-electron chi connectivity index (χ3n) is 3.22. The fourth-order valence-electron chi connectivity index (χ4n) is 1.96. The third-order valence-corrected chi connectivity index (χ3v) is 3.22. The summed E-state index contributed by atoms with van der Waals surface area (Å²) in [7, 11) is 0. The topological polar surface area (TPSA) is 98.6 Å². The van der Waals surface area contributed by atoms with E-state index in [1.165, 1.54) is 30.3 Å². The number of nitrogens with zero attached hydrogens (tertiary/aromatic N) is 1. The predicted molar refractivity (Wildman–Crippen MR) is 96.3 cm³/mol. The van der Waals surface area contributed by atoms with Crippen molar-refractivity contribution in [1.82, 2.24) is 0 Å². The van der Waals surface area contributed by atoms with Gasteiger partial charge in [0, 0.05) is 17.8 Å². The first kappa shape index (κ1) is 18.7. The second-order valence-corrected chi connectivity index (χ2v) is 5.26. The number of hydrogen-bond acceptors (Lipinski definition) is 5. The van der Waals surface area contributed by atoms with Crippen molar-refractivity contribution in [3.63, 3.8) is 0 Å². The number of ether oxygens (including phenoxy) is 1. The summed E-state index contributed by atoms with van der Waals surface area (Å²) in [4.78, 5) is 9.49. The Bertz CT molecular complexity index is 869. The Morgan fingerprint density at radius 2 is 1.73 bits per heavy atom. The SMILES string of the molecule is Nc1cccc(OCc2ccc(F)cc2)c1.O=[N+]([O-])c1cccc(O)c1. The summed E-state index contributed by atoms with van der Waals surface area (Å²) in [6.07, 6.45) is 0. The highest BCUT2D eigenvalue weighted by Crippen LogP contribution is 2.17. The monoisotopic (exact) mass is 356 g/mol. The zero-order valence-corrected chi connectivity index (χ0v) is 13.7. The van der Waals surface area contributed by atoms with Crippen LogP contribution in [0, 0.1) is 15.9 Å². The standard InChI is InChI=1S/C13H12FNO.C6H5NO3/c14-11-6-4-10(5-7-11)9-16-13-3-1-2-12(15)8-13;8-6-3-1-2-5(4-6)7(9)10/h1-8H,9,15H2;1-4,8H. The molecule has 0 fully saturated rings. The summed E-state index contributed by atoms with van der Waals surface area (Å²) in [5.41, 5.74) is 7.10. The van der Waals surface area contributed by atoms with Crippen LogP contribution in [0.3, 0.4) is 0 Å². The molecule has 0 unspecified atom stereocenters. The zero-order valence-electron chi connectivity index (χ0n) is 13.7. The van der Waals surface area contributed by atoms with E-state index >= 15 is 0 Å². The number of nitro benzene ring substituents is 1. The Labute approximate surface area is 149 Å². The predicted octanol–water partition coefficient (Wildman–Crippen LogP) is 4.29. The first-order valence-corrected chi connectivity index (χ1v) is 7.60. The van der Waals surface area contributed by atoms with Gasteiger partial charge in [-0.3, -0.25) is 10.1 Å². The number of rotatable bonds is 4. The summed E-state index contributed by atoms with van der Waals surface area (Å²) < 4.78 is 18.2. The summed E-state index contributed by atoms with van der Waals surface area (Å²) in [5, 5.41) is 18.8. The lowest BCUT2D eigenvalue weighted by Gasteiger charge is -2.06. The average Bonchev–Trinajstić information content (AvgIpc) is 2.62. The normalized spacial score (nSPS) is 9.73. The van der Waals surface area contributed by atoms with Gasteiger partial charge >= 0.3 is 0 Å². The van der Waals surface area contributed by atoms with Crippen molar-refractivity contribution >= 4 is 11.4 Å². The van der Waals surface area contributed by atoms with E-state index in [0.29, 0.717) is 18.0 Å². The summed E-state index contributed by atoms with van der Waals surface area (Å²) in [6, 6.07) is 18.7. The molecule has 0 aromatic heterocycles. The van der Waals surface area contributed by atoms with Crippen molar-refractivity contribution in [2.75, 3.05) is 5.73 Å². The number of benzene rings is 3. The van der Waals surface area contributed by atoms with Crippen molar-refractivity contribution in [2.45, 2.75) is 6.61 Å². The smallest absolute Gasteiger partial charge is 0.273 e. The van der Waals surface area contributed by atoms with Crippen LogP contribution in [-0.4, -0.2) is 10.0 Å². The summed E-state index contributed by atoms with van der Waals surface area (Å²) >= 11 is 0. The van der Waals surface area contributed by atoms with E-state index in [1.54, 1.807) is 24.3 Å². The Morgan fingerprint density at radius 3 is 2.31 bits per heavy atom. The van der Waals surface area contributed by atoms with E-state index < -0.39 is 4.92 Å². The number of nitro groups is 1. The molecule has 3 rings (SSSR count). The van der Waals surface area contributed by atoms with E-state index in [-0.39, 0.29) is 17.3 Å². The van der Waals surface area contributed by atoms with Gasteiger partial charge in [-0.05, 0) is 35.9 Å². The van der Waals surface area contributed by atoms with Crippen LogP contribution in [0.1, 0.15) is 5.56 Å². The van der Waals surface area contributed by atoms with Gasteiger partial charge in [0.05, 0.1) is 11.0 Å². The highest BCUT2D eigenvalue weighted by atomic mass is 19.1. The molecule has 26 heavy (non-hydrogen) atoms. The number of phenols is 1. The molecule has 0 aliphatic rings. The fourth-order valence-corrected chi connectivity index (χ4v) is 1.96. The molecule has 7 heteroatoms. The molecule has 0 bridgehead atoms. The first-order valence-electron chi connectivity index (χ1n) is 7.60. The van der Waals surface area contributed by atoms with Gasteiger partial charge in [-0.15, -0.1) is 0 Å². The van der Waals surface area contributed by atoms with Crippen molar-refractivity contribution in [1.29, 1.82) is 0 Å². The molecule has 3 aromatic carbocycles. The van der Waals surface area contributed by atoms with Crippen molar-refractivity contribution < 1.29 is 19.2 Å². The van der Waals surface area contributed by atoms with Gasteiger partial charge in [0.25, 0.3) is 5.69 Å². The van der Waals surface area contributed by atoms with E-state index in [0.717, 1.165) is 11.6 Å². The van der Waals surface area contributed by atoms with E-state index in [4.69, 9.17) is 15.6 Å². The molecule has 0 heterocycles. The molecule has 0 aliphatic carbocycles. The Morgan fingerprint density at radius 1 is 1.04 bits per heavy atom. The van der Waals surface area contributed by atoms with Gasteiger partial charge in [-0.25, -0.2) is 4.39 Å². The number of nitrogens with two attached hydrogens (primary N) is 1. The molecule has 6 nitrogen and oxygen atoms in total. The number of halogens is 1. The Kier molecular flexibility index (Phi) is 6.50. The van der Waals surface area contributed by atoms with Gasteiger partial charge in [0.15, 0.2) is 0 Å². The summed E-state index contributed by atoms with van der Waals surface area (Å²) in [6.45, 7) is 0.406. The number of phenolic OH excluding ortho intramolecular Hbond substituents is 1. The van der Waals surface area contributed by atoms with E-state index in [1.807, 2.05) is 12.1 Å². The van der Waals surface area contributed by atoms with Crippen LogP contribution in [0.2, 0.25) is 0 Å². The maximum absolute atomic E-state index is 12.6. The lowest BCUT2D eigenvalue weighted by Crippen LogP contribution is -1.96. The minimum atomic E-state index is -0.556. The molecule has 0 amide bonds. The molecular weight excluding hydrogens is 339 g/mol. The zero-order chi connectivity index (χ0) is 18.9. The fraction of sp³-hybridized carbons (Fsp3) is 0.0526. The number of hydrogen-bond donors (Lipinski definition) is 2. The van der Waals surface area contributed by atoms with Crippen LogP contribution >= 0.6 is 0 Å². The second-order valence-electron chi connectivity index (χ2n) is 5.26. The lowest BCUT2D eigenvalue weighted by atomic mass is 10.2. The van der Waals surface area contributed by atoms with Gasteiger partial charge in [0.2, 0.25) is 0 Å². The quantitative estimate of drug-likeness (QED) is 0.413. The molecular formula is C19H17FN2O4. The molecule has 0 atom stereocenters. The van der Waals surface area contributed by atoms with Crippen LogP contribution in [0.15, 0.2) is 72.8 Å². The Balaban J connectivity index is 0.000000209. The number of aromatic hydroxyl groups is 1. The highest BCUT2D eigenvalue weighted by Gasteiger charge is 2.03. The number of nitrogen functional groups attached to an aromatic ring is 1. The molecule has 0 spiro atoms. The van der Waals surface area contributed by atoms with Crippen LogP contribution < -0.4 is 10.5 Å². The van der Waals surface area contributed by atoms with Gasteiger partial charge in [-0.1, -0.05) is 24.3 Å². The average molecular weight is 356 g/mol. The summed E-state index contributed by atoms with van der Waals surface area (Å²) in [5.74, 6) is 0.381. The van der Waals surface area contributed by atoms with E-state index in [2.05, 4.69) is 0 Å². The van der Waals surface area contributed by atoms with Crippen molar-refractivity contribution in [2.24, 2.45) is 0 Å². The van der Waals surface area contributed by atoms with Crippen LogP contribution in [-0.2, 0) is 6.61 Å². The molecule has 0 saturated carbocycles. The first-order chi connectivity index (χ1) is 12.4. The van der Waals surface area contributed by atoms with Crippen molar-refractivity contribution in [3.05, 3.63) is 94.3 Å². The van der Waals surface area contributed by atoms with Gasteiger partial charge < -0.3 is 15.6 Å². The second kappa shape index (κ2) is 9.03. The maximum atomic E-state index is 12.6. The minimum Gasteiger partial charge on any atom is -0.508 e. The molecule has 0 aliphatic heterocycles. The highest BCUT2D eigenvalue weighted by molar-refractivity contribution is 5.43. The largest absolute Gasteiger partial charge is 0.508 e.